The third kappa shape index (κ3) is 5.11. The Morgan fingerprint density at radius 3 is 2.94 bits per heavy atom. The molecule has 0 amide bonds. The molecule has 6 nitrogen and oxygen atoms in total. The second kappa shape index (κ2) is 9.63. The van der Waals surface area contributed by atoms with Crippen molar-refractivity contribution in [3.05, 3.63) is 79.7 Å². The van der Waals surface area contributed by atoms with Gasteiger partial charge in [0.05, 0.1) is 6.61 Å². The number of likely N-dealkylation sites (N-methyl/N-ethyl adjacent to an activating group) is 1. The van der Waals surface area contributed by atoms with E-state index in [1.165, 1.54) is 16.7 Å². The monoisotopic (exact) mass is 463 g/mol. The molecular weight excluding hydrogens is 434 g/mol. The summed E-state index contributed by atoms with van der Waals surface area (Å²) in [7, 11) is 2.18. The maximum absolute atomic E-state index is 12.8. The van der Waals surface area contributed by atoms with Gasteiger partial charge in [-0.3, -0.25) is 14.3 Å². The largest absolute Gasteiger partial charge is 0.486 e. The molecule has 0 unspecified atom stereocenters. The number of fused-ring (bicyclic) bond motifs is 1. The molecule has 2 aliphatic rings. The quantitative estimate of drug-likeness (QED) is 0.521. The smallest absolute Gasteiger partial charge is 0.258 e. The van der Waals surface area contributed by atoms with Gasteiger partial charge in [-0.25, -0.2) is 4.98 Å². The van der Waals surface area contributed by atoms with Crippen molar-refractivity contribution in [2.24, 2.45) is 0 Å². The van der Waals surface area contributed by atoms with E-state index >= 15 is 0 Å². The average Bonchev–Trinajstić information content (AvgIpc) is 3.49. The van der Waals surface area contributed by atoms with Crippen LogP contribution in [0.1, 0.15) is 40.2 Å². The second-order valence-corrected chi connectivity index (χ2v) is 9.79. The van der Waals surface area contributed by atoms with Gasteiger partial charge in [0.1, 0.15) is 17.4 Å². The highest BCUT2D eigenvalue weighted by Gasteiger charge is 2.21. The minimum Gasteiger partial charge on any atom is -0.486 e. The summed E-state index contributed by atoms with van der Waals surface area (Å²) in [6.07, 6.45) is 6.82. The third-order valence-corrected chi connectivity index (χ3v) is 7.31. The van der Waals surface area contributed by atoms with Gasteiger partial charge in [-0.15, -0.1) is 11.3 Å². The zero-order chi connectivity index (χ0) is 22.8. The number of rotatable bonds is 7. The molecule has 0 bridgehead atoms. The minimum absolute atomic E-state index is 0.0745. The summed E-state index contributed by atoms with van der Waals surface area (Å²) in [5, 5.41) is 2.90. The van der Waals surface area contributed by atoms with E-state index in [9.17, 15) is 4.79 Å². The number of thiazole rings is 1. The van der Waals surface area contributed by atoms with E-state index in [2.05, 4.69) is 41.2 Å². The molecule has 1 saturated heterocycles. The highest BCUT2D eigenvalue weighted by Crippen LogP contribution is 2.28. The van der Waals surface area contributed by atoms with Gasteiger partial charge in [0, 0.05) is 48.2 Å². The van der Waals surface area contributed by atoms with Crippen LogP contribution in [-0.2, 0) is 24.3 Å². The molecule has 0 radical (unpaired) electrons. The maximum atomic E-state index is 12.8. The van der Waals surface area contributed by atoms with Crippen LogP contribution in [0, 0.1) is 6.92 Å². The van der Waals surface area contributed by atoms with Crippen LogP contribution in [0.5, 0.6) is 5.75 Å². The van der Waals surface area contributed by atoms with Gasteiger partial charge < -0.3 is 9.47 Å². The fraction of sp³-hybridized carbons (Fsp3) is 0.385. The van der Waals surface area contributed by atoms with Gasteiger partial charge in [-0.2, -0.15) is 0 Å². The van der Waals surface area contributed by atoms with E-state index < -0.39 is 0 Å². The van der Waals surface area contributed by atoms with Crippen LogP contribution >= 0.6 is 11.3 Å². The van der Waals surface area contributed by atoms with Crippen LogP contribution in [0.3, 0.4) is 0 Å². The number of allylic oxidation sites excluding steroid dienone is 1. The van der Waals surface area contributed by atoms with Crippen LogP contribution in [0.4, 0.5) is 0 Å². The molecule has 1 aliphatic carbocycles. The standard InChI is InChI=1S/C26H29N3O3S/c1-18-17-33-25(27-18)16-32-24-7-9-29(26(30)13-24)22-6-5-20-11-19(3-4-21(20)12-22)14-28(2)23-8-10-31-15-23/h3-4,7,9,11-13,17,23H,5-6,8,10,14-16H2,1-2H3/t23-/m1/s1. The molecule has 2 aromatic heterocycles. The van der Waals surface area contributed by atoms with Crippen LogP contribution in [0.2, 0.25) is 0 Å². The molecule has 33 heavy (non-hydrogen) atoms. The molecule has 1 atom stereocenters. The van der Waals surface area contributed by atoms with E-state index in [0.717, 1.165) is 55.4 Å². The van der Waals surface area contributed by atoms with Crippen LogP contribution < -0.4 is 10.3 Å². The highest BCUT2D eigenvalue weighted by atomic mass is 32.1. The number of ether oxygens (including phenoxy) is 2. The van der Waals surface area contributed by atoms with E-state index in [1.807, 2.05) is 24.6 Å². The van der Waals surface area contributed by atoms with Crippen molar-refractivity contribution in [3.8, 4) is 5.75 Å². The van der Waals surface area contributed by atoms with Crippen molar-refractivity contribution in [3.63, 3.8) is 0 Å². The van der Waals surface area contributed by atoms with E-state index in [4.69, 9.17) is 9.47 Å². The minimum atomic E-state index is -0.0745. The van der Waals surface area contributed by atoms with Crippen molar-refractivity contribution >= 4 is 23.1 Å². The lowest BCUT2D eigenvalue weighted by Gasteiger charge is -2.24. The van der Waals surface area contributed by atoms with E-state index in [0.29, 0.717) is 18.4 Å². The van der Waals surface area contributed by atoms with Gasteiger partial charge in [-0.1, -0.05) is 18.2 Å². The van der Waals surface area contributed by atoms with Crippen molar-refractivity contribution in [1.29, 1.82) is 0 Å². The van der Waals surface area contributed by atoms with Gasteiger partial charge in [0.2, 0.25) is 0 Å². The number of aryl methyl sites for hydroxylation is 2. The Hall–Kier alpha value is -2.74. The first-order valence-electron chi connectivity index (χ1n) is 11.4. The first-order chi connectivity index (χ1) is 16.0. The highest BCUT2D eigenvalue weighted by molar-refractivity contribution is 7.09. The zero-order valence-corrected chi connectivity index (χ0v) is 19.9. The molecule has 0 saturated carbocycles. The Labute approximate surface area is 198 Å². The molecule has 172 valence electrons. The predicted molar refractivity (Wildman–Crippen MR) is 132 cm³/mol. The fourth-order valence-electron chi connectivity index (χ4n) is 4.51. The van der Waals surface area contributed by atoms with Crippen LogP contribution in [0.15, 0.2) is 46.7 Å². The van der Waals surface area contributed by atoms with Crippen LogP contribution in [-0.4, -0.2) is 40.8 Å². The molecule has 1 aromatic carbocycles. The number of benzene rings is 1. The maximum Gasteiger partial charge on any atom is 0.258 e. The summed E-state index contributed by atoms with van der Waals surface area (Å²) in [5.41, 5.74) is 5.80. The fourth-order valence-corrected chi connectivity index (χ4v) is 5.19. The van der Waals surface area contributed by atoms with Crippen LogP contribution in [0.25, 0.3) is 11.8 Å². The average molecular weight is 464 g/mol. The Balaban J connectivity index is 1.27. The Morgan fingerprint density at radius 2 is 2.18 bits per heavy atom. The molecule has 0 N–H and O–H groups in total. The Morgan fingerprint density at radius 1 is 1.27 bits per heavy atom. The van der Waals surface area contributed by atoms with Crippen molar-refractivity contribution in [2.75, 3.05) is 20.3 Å². The molecule has 0 spiro atoms. The van der Waals surface area contributed by atoms with Crippen molar-refractivity contribution in [2.45, 2.75) is 45.4 Å². The van der Waals surface area contributed by atoms with Gasteiger partial charge in [0.25, 0.3) is 5.56 Å². The number of hydrogen-bond acceptors (Lipinski definition) is 6. The lowest BCUT2D eigenvalue weighted by Crippen LogP contribution is -2.31. The van der Waals surface area contributed by atoms with E-state index in [-0.39, 0.29) is 5.56 Å². The lowest BCUT2D eigenvalue weighted by molar-refractivity contribution is 0.156. The van der Waals surface area contributed by atoms with Gasteiger partial charge in [-0.05, 0) is 62.1 Å². The third-order valence-electron chi connectivity index (χ3n) is 6.37. The molecule has 1 aliphatic heterocycles. The summed E-state index contributed by atoms with van der Waals surface area (Å²) >= 11 is 1.57. The van der Waals surface area contributed by atoms with Crippen molar-refractivity contribution < 1.29 is 9.47 Å². The van der Waals surface area contributed by atoms with Gasteiger partial charge >= 0.3 is 0 Å². The number of nitrogens with zero attached hydrogens (tertiary/aromatic N) is 3. The predicted octanol–water partition coefficient (Wildman–Crippen LogP) is 4.36. The molecule has 1 fully saturated rings. The SMILES string of the molecule is Cc1csc(COc2ccn(C3=Cc4ccc(CN(C)[C@@H]5CCOC5)cc4CC3)c(=O)c2)n1. The zero-order valence-electron chi connectivity index (χ0n) is 19.1. The number of pyridine rings is 1. The number of aromatic nitrogens is 2. The molecule has 5 rings (SSSR count). The number of hydrogen-bond donors (Lipinski definition) is 0. The normalized spacial score (nSPS) is 17.8. The summed E-state index contributed by atoms with van der Waals surface area (Å²) in [6.45, 7) is 4.96. The molecule has 7 heteroatoms. The van der Waals surface area contributed by atoms with E-state index in [1.54, 1.807) is 22.0 Å². The molecule has 3 aromatic rings. The Bertz CT molecular complexity index is 1220. The summed E-state index contributed by atoms with van der Waals surface area (Å²) < 4.78 is 13.0. The second-order valence-electron chi connectivity index (χ2n) is 8.84. The summed E-state index contributed by atoms with van der Waals surface area (Å²) in [5.74, 6) is 0.572. The Kier molecular flexibility index (Phi) is 6.44. The molecule has 3 heterocycles. The first kappa shape index (κ1) is 22.1. The van der Waals surface area contributed by atoms with Gasteiger partial charge in [0.15, 0.2) is 0 Å². The summed E-state index contributed by atoms with van der Waals surface area (Å²) in [6, 6.07) is 10.6. The first-order valence-corrected chi connectivity index (χ1v) is 12.3. The lowest BCUT2D eigenvalue weighted by atomic mass is 9.93. The molecular formula is C26H29N3O3S. The summed E-state index contributed by atoms with van der Waals surface area (Å²) in [4.78, 5) is 19.6. The topological polar surface area (TPSA) is 56.6 Å². The van der Waals surface area contributed by atoms with Crippen molar-refractivity contribution in [1.82, 2.24) is 14.5 Å².